The minimum absolute atomic E-state index is 0.180. The van der Waals surface area contributed by atoms with E-state index in [0.29, 0.717) is 0 Å². The van der Waals surface area contributed by atoms with Crippen molar-refractivity contribution >= 4 is 5.69 Å². The number of hydrogen-bond acceptors (Lipinski definition) is 2. The van der Waals surface area contributed by atoms with Gasteiger partial charge in [-0.25, -0.2) is 0 Å². The molecule has 0 amide bonds. The molecule has 0 unspecified atom stereocenters. The maximum atomic E-state index is 3.60. The molecule has 0 atom stereocenters. The molecule has 1 N–H and O–H groups in total. The van der Waals surface area contributed by atoms with E-state index in [4.69, 9.17) is 0 Å². The van der Waals surface area contributed by atoms with Crippen LogP contribution in [0.1, 0.15) is 40.2 Å². The normalized spacial score (nSPS) is 12.6. The number of nitrogens with one attached hydrogen (secondary N) is 1. The maximum absolute atomic E-state index is 3.60. The lowest BCUT2D eigenvalue weighted by Gasteiger charge is -2.34. The van der Waals surface area contributed by atoms with Crippen LogP contribution in [0, 0.1) is 12.3 Å². The lowest BCUT2D eigenvalue weighted by atomic mass is 9.91. The van der Waals surface area contributed by atoms with Crippen LogP contribution >= 0.6 is 0 Å². The minimum atomic E-state index is 0.180. The van der Waals surface area contributed by atoms with Crippen LogP contribution in [0.3, 0.4) is 0 Å². The number of anilines is 1. The molecule has 108 valence electrons. The largest absolute Gasteiger partial charge is 0.374 e. The van der Waals surface area contributed by atoms with Crippen molar-refractivity contribution in [3.63, 3.8) is 0 Å². The van der Waals surface area contributed by atoms with E-state index in [1.165, 1.54) is 11.3 Å². The fraction of sp³-hybridized carbons (Fsp3) is 0.647. The van der Waals surface area contributed by atoms with Crippen LogP contribution in [0.15, 0.2) is 24.3 Å². The van der Waals surface area contributed by atoms with Crippen LogP contribution < -0.4 is 10.2 Å². The first-order chi connectivity index (χ1) is 8.59. The Morgan fingerprint density at radius 3 is 2.26 bits per heavy atom. The van der Waals surface area contributed by atoms with Gasteiger partial charge in [-0.1, -0.05) is 26.0 Å². The second-order valence-corrected chi connectivity index (χ2v) is 7.46. The van der Waals surface area contributed by atoms with Crippen LogP contribution in [0.2, 0.25) is 0 Å². The van der Waals surface area contributed by atoms with Gasteiger partial charge >= 0.3 is 0 Å². The summed E-state index contributed by atoms with van der Waals surface area (Å²) >= 11 is 0. The SMILES string of the molecule is Cc1cccc(N(C)CC(C)(C)CNC(C)(C)C)c1. The van der Waals surface area contributed by atoms with Crippen molar-refractivity contribution < 1.29 is 0 Å². The molecular formula is C17H30N2. The molecule has 0 spiro atoms. The van der Waals surface area contributed by atoms with Crippen molar-refractivity contribution in [2.75, 3.05) is 25.0 Å². The van der Waals surface area contributed by atoms with Crippen molar-refractivity contribution in [2.24, 2.45) is 5.41 Å². The van der Waals surface area contributed by atoms with Gasteiger partial charge in [-0.15, -0.1) is 0 Å². The van der Waals surface area contributed by atoms with Crippen molar-refractivity contribution in [2.45, 2.75) is 47.1 Å². The fourth-order valence-corrected chi connectivity index (χ4v) is 2.16. The molecule has 0 aliphatic carbocycles. The fourth-order valence-electron chi connectivity index (χ4n) is 2.16. The first kappa shape index (κ1) is 16.0. The van der Waals surface area contributed by atoms with Gasteiger partial charge in [0.15, 0.2) is 0 Å². The highest BCUT2D eigenvalue weighted by molar-refractivity contribution is 5.47. The molecule has 0 aliphatic heterocycles. The van der Waals surface area contributed by atoms with Crippen LogP contribution in [0.5, 0.6) is 0 Å². The Hall–Kier alpha value is -1.02. The summed E-state index contributed by atoms with van der Waals surface area (Å²) in [5, 5.41) is 3.60. The van der Waals surface area contributed by atoms with Gasteiger partial charge in [-0.2, -0.15) is 0 Å². The molecular weight excluding hydrogens is 232 g/mol. The van der Waals surface area contributed by atoms with E-state index in [9.17, 15) is 0 Å². The zero-order valence-corrected chi connectivity index (χ0v) is 13.7. The molecule has 0 saturated carbocycles. The van der Waals surface area contributed by atoms with Gasteiger partial charge in [0.25, 0.3) is 0 Å². The third-order valence-electron chi connectivity index (χ3n) is 3.20. The average Bonchev–Trinajstić information content (AvgIpc) is 2.25. The molecule has 0 bridgehead atoms. The summed E-state index contributed by atoms with van der Waals surface area (Å²) in [5.41, 5.74) is 3.03. The third kappa shape index (κ3) is 6.11. The number of hydrogen-bond donors (Lipinski definition) is 1. The summed E-state index contributed by atoms with van der Waals surface area (Å²) < 4.78 is 0. The lowest BCUT2D eigenvalue weighted by Crippen LogP contribution is -2.45. The van der Waals surface area contributed by atoms with E-state index in [1.54, 1.807) is 0 Å². The van der Waals surface area contributed by atoms with Crippen LogP contribution in [-0.4, -0.2) is 25.7 Å². The Morgan fingerprint density at radius 2 is 1.74 bits per heavy atom. The molecule has 1 aromatic carbocycles. The zero-order chi connectivity index (χ0) is 14.7. The highest BCUT2D eigenvalue weighted by atomic mass is 15.1. The smallest absolute Gasteiger partial charge is 0.0366 e. The third-order valence-corrected chi connectivity index (χ3v) is 3.20. The summed E-state index contributed by atoms with van der Waals surface area (Å²) in [6.07, 6.45) is 0. The van der Waals surface area contributed by atoms with Gasteiger partial charge in [0.05, 0.1) is 0 Å². The molecule has 0 aromatic heterocycles. The van der Waals surface area contributed by atoms with Gasteiger partial charge < -0.3 is 10.2 Å². The predicted octanol–water partition coefficient (Wildman–Crippen LogP) is 3.85. The Bertz CT molecular complexity index is 402. The van der Waals surface area contributed by atoms with Crippen molar-refractivity contribution in [3.05, 3.63) is 29.8 Å². The molecule has 0 fully saturated rings. The Morgan fingerprint density at radius 1 is 1.11 bits per heavy atom. The highest BCUT2D eigenvalue weighted by Crippen LogP contribution is 2.22. The zero-order valence-electron chi connectivity index (χ0n) is 13.7. The number of nitrogens with zero attached hydrogens (tertiary/aromatic N) is 1. The Balaban J connectivity index is 2.62. The molecule has 1 aromatic rings. The molecule has 2 nitrogen and oxygen atoms in total. The Kier molecular flexibility index (Phi) is 5.03. The highest BCUT2D eigenvalue weighted by Gasteiger charge is 2.22. The van der Waals surface area contributed by atoms with Crippen LogP contribution in [-0.2, 0) is 0 Å². The second kappa shape index (κ2) is 5.96. The molecule has 0 aliphatic rings. The summed E-state index contributed by atoms with van der Waals surface area (Å²) in [6, 6.07) is 8.69. The molecule has 0 heterocycles. The summed E-state index contributed by atoms with van der Waals surface area (Å²) in [6.45, 7) is 15.5. The van der Waals surface area contributed by atoms with Gasteiger partial charge in [0, 0.05) is 31.4 Å². The first-order valence-electron chi connectivity index (χ1n) is 7.12. The lowest BCUT2D eigenvalue weighted by molar-refractivity contribution is 0.295. The topological polar surface area (TPSA) is 15.3 Å². The summed E-state index contributed by atoms with van der Waals surface area (Å²) in [5.74, 6) is 0. The van der Waals surface area contributed by atoms with Crippen LogP contribution in [0.4, 0.5) is 5.69 Å². The van der Waals surface area contributed by atoms with Gasteiger partial charge in [0.1, 0.15) is 0 Å². The van der Waals surface area contributed by atoms with E-state index in [1.807, 2.05) is 0 Å². The standard InChI is InChI=1S/C17H30N2/c1-14-9-8-10-15(11-14)19(7)13-17(5,6)12-18-16(2,3)4/h8-11,18H,12-13H2,1-7H3. The monoisotopic (exact) mass is 262 g/mol. The summed E-state index contributed by atoms with van der Waals surface area (Å²) in [4.78, 5) is 2.34. The molecule has 0 saturated heterocycles. The molecule has 19 heavy (non-hydrogen) atoms. The predicted molar refractivity (Wildman–Crippen MR) is 86.0 cm³/mol. The van der Waals surface area contributed by atoms with E-state index in [0.717, 1.165) is 13.1 Å². The molecule has 2 heteroatoms. The van der Waals surface area contributed by atoms with Crippen molar-refractivity contribution in [3.8, 4) is 0 Å². The van der Waals surface area contributed by atoms with Crippen molar-refractivity contribution in [1.29, 1.82) is 0 Å². The quantitative estimate of drug-likeness (QED) is 0.867. The van der Waals surface area contributed by atoms with E-state index >= 15 is 0 Å². The molecule has 0 radical (unpaired) electrons. The van der Waals surface area contributed by atoms with Crippen LogP contribution in [0.25, 0.3) is 0 Å². The van der Waals surface area contributed by atoms with Gasteiger partial charge in [-0.05, 0) is 50.8 Å². The van der Waals surface area contributed by atoms with Crippen molar-refractivity contribution in [1.82, 2.24) is 5.32 Å². The number of aryl methyl sites for hydroxylation is 1. The Labute approximate surface area is 119 Å². The second-order valence-electron chi connectivity index (χ2n) is 7.46. The van der Waals surface area contributed by atoms with Gasteiger partial charge in [-0.3, -0.25) is 0 Å². The maximum Gasteiger partial charge on any atom is 0.0366 e. The average molecular weight is 262 g/mol. The van der Waals surface area contributed by atoms with E-state index in [-0.39, 0.29) is 11.0 Å². The first-order valence-corrected chi connectivity index (χ1v) is 7.12. The molecule has 1 rings (SSSR count). The summed E-state index contributed by atoms with van der Waals surface area (Å²) in [7, 11) is 2.17. The number of rotatable bonds is 5. The number of benzene rings is 1. The van der Waals surface area contributed by atoms with E-state index < -0.39 is 0 Å². The van der Waals surface area contributed by atoms with E-state index in [2.05, 4.69) is 83.1 Å². The van der Waals surface area contributed by atoms with Gasteiger partial charge in [0.2, 0.25) is 0 Å². The minimum Gasteiger partial charge on any atom is -0.374 e.